The van der Waals surface area contributed by atoms with E-state index in [1.807, 2.05) is 0 Å². The van der Waals surface area contributed by atoms with Crippen LogP contribution in [0.15, 0.2) is 18.3 Å². The van der Waals surface area contributed by atoms with E-state index < -0.39 is 41.0 Å². The number of fused-ring (bicyclic) bond motifs is 1. The Labute approximate surface area is 152 Å². The lowest BCUT2D eigenvalue weighted by Gasteiger charge is -2.11. The van der Waals surface area contributed by atoms with Crippen LogP contribution < -0.4 is 4.74 Å². The molecule has 0 saturated carbocycles. The highest BCUT2D eigenvalue weighted by molar-refractivity contribution is 7.21. The van der Waals surface area contributed by atoms with E-state index >= 15 is 0 Å². The highest BCUT2D eigenvalue weighted by Gasteiger charge is 2.28. The van der Waals surface area contributed by atoms with Crippen molar-refractivity contribution in [1.82, 2.24) is 4.98 Å². The zero-order chi connectivity index (χ0) is 20.1. The van der Waals surface area contributed by atoms with E-state index in [1.54, 1.807) is 0 Å². The number of aromatic carboxylic acids is 1. The highest BCUT2D eigenvalue weighted by atomic mass is 35.5. The van der Waals surface area contributed by atoms with Gasteiger partial charge in [0.2, 0.25) is 0 Å². The molecule has 0 unspecified atom stereocenters. The fourth-order valence-corrected chi connectivity index (χ4v) is 3.77. The van der Waals surface area contributed by atoms with Gasteiger partial charge in [-0.2, -0.15) is 0 Å². The monoisotopic (exact) mass is 392 g/mol. The molecule has 1 N–H and O–H groups in total. The molecule has 0 bridgehead atoms. The van der Waals surface area contributed by atoms with Crippen LogP contribution >= 0.6 is 34.5 Å². The molecular formula is C15H7Cl2F2NO3S. The lowest BCUT2D eigenvalue weighted by molar-refractivity contribution is 0.0703. The molecule has 0 radical (unpaired) electrons. The minimum atomic E-state index is -3.13. The Bertz CT molecular complexity index is 1090. The van der Waals surface area contributed by atoms with Gasteiger partial charge < -0.3 is 9.84 Å². The number of thiophene rings is 1. The molecule has 3 rings (SSSR count). The third-order valence-corrected chi connectivity index (χ3v) is 4.79. The van der Waals surface area contributed by atoms with Gasteiger partial charge in [-0.3, -0.25) is 4.98 Å². The minimum absolute atomic E-state index is 0.0639. The summed E-state index contributed by atoms with van der Waals surface area (Å²) in [7, 11) is -3.13. The first-order valence-corrected chi connectivity index (χ1v) is 7.75. The number of nitrogens with zero attached hydrogens (tertiary/aromatic N) is 1. The average molecular weight is 393 g/mol. The van der Waals surface area contributed by atoms with Crippen molar-refractivity contribution in [3.63, 3.8) is 0 Å². The summed E-state index contributed by atoms with van der Waals surface area (Å²) in [4.78, 5) is 15.3. The molecule has 0 spiro atoms. The van der Waals surface area contributed by atoms with Gasteiger partial charge >= 0.3 is 5.97 Å². The Morgan fingerprint density at radius 1 is 1.38 bits per heavy atom. The molecular weight excluding hydrogens is 383 g/mol. The molecule has 24 heavy (non-hydrogen) atoms. The van der Waals surface area contributed by atoms with Gasteiger partial charge in [0, 0.05) is 17.3 Å². The van der Waals surface area contributed by atoms with Crippen LogP contribution in [0.4, 0.5) is 8.78 Å². The lowest BCUT2D eigenvalue weighted by atomic mass is 10.0. The van der Waals surface area contributed by atoms with Crippen LogP contribution in [0.5, 0.6) is 5.75 Å². The fourth-order valence-electron chi connectivity index (χ4n) is 2.23. The lowest BCUT2D eigenvalue weighted by Crippen LogP contribution is -2.00. The first-order chi connectivity index (χ1) is 12.5. The van der Waals surface area contributed by atoms with Crippen LogP contribution in [0.1, 0.15) is 13.8 Å². The van der Waals surface area contributed by atoms with Crippen LogP contribution in [0.2, 0.25) is 10.0 Å². The number of carboxylic acids is 1. The van der Waals surface area contributed by atoms with Crippen LogP contribution in [0, 0.1) is 11.6 Å². The van der Waals surface area contributed by atoms with Crippen molar-refractivity contribution >= 4 is 50.7 Å². The number of ether oxygens (including phenoxy) is 1. The summed E-state index contributed by atoms with van der Waals surface area (Å²) in [5.41, 5.74) is -0.693. The molecule has 124 valence electrons. The number of rotatable bonds is 3. The second kappa shape index (κ2) is 6.16. The summed E-state index contributed by atoms with van der Waals surface area (Å²) in [5.74, 6) is -5.39. The van der Waals surface area contributed by atoms with Gasteiger partial charge in [0.05, 0.1) is 31.4 Å². The van der Waals surface area contributed by atoms with Gasteiger partial charge in [-0.25, -0.2) is 13.6 Å². The third kappa shape index (κ3) is 2.58. The van der Waals surface area contributed by atoms with Crippen molar-refractivity contribution in [2.75, 3.05) is 7.04 Å². The van der Waals surface area contributed by atoms with Gasteiger partial charge in [0.25, 0.3) is 0 Å². The van der Waals surface area contributed by atoms with E-state index in [-0.39, 0.29) is 21.0 Å². The average Bonchev–Trinajstić information content (AvgIpc) is 2.89. The minimum Gasteiger partial charge on any atom is -0.491 e. The van der Waals surface area contributed by atoms with E-state index in [9.17, 15) is 18.7 Å². The van der Waals surface area contributed by atoms with Crippen LogP contribution in [0.3, 0.4) is 0 Å². The largest absolute Gasteiger partial charge is 0.491 e. The second-order valence-corrected chi connectivity index (χ2v) is 6.47. The molecule has 9 heteroatoms. The van der Waals surface area contributed by atoms with Gasteiger partial charge in [-0.1, -0.05) is 23.2 Å². The third-order valence-electron chi connectivity index (χ3n) is 3.17. The number of hydrogen-bond acceptors (Lipinski definition) is 4. The van der Waals surface area contributed by atoms with E-state index in [0.29, 0.717) is 10.8 Å². The standard InChI is InChI=1S/C15H7Cl2F2NO3S/c1-23-13-7(18)3-6(17)9(11(13)19)10-12-8(2-5(16)4-20-12)24-14(10)15(21)22/h2-4H,1H3,(H,21,22)/i1D3. The molecule has 0 aliphatic carbocycles. The molecule has 4 nitrogen and oxygen atoms in total. The maximum Gasteiger partial charge on any atom is 0.346 e. The SMILES string of the molecule is [2H]C([2H])([2H])Oc1c(F)cc(Cl)c(-c2c(C(=O)O)sc3cc(Cl)cnc23)c1F. The van der Waals surface area contributed by atoms with Crippen molar-refractivity contribution < 1.29 is 27.5 Å². The molecule has 3 aromatic rings. The molecule has 0 aliphatic heterocycles. The Kier molecular flexibility index (Phi) is 3.42. The van der Waals surface area contributed by atoms with Crippen LogP contribution in [0.25, 0.3) is 21.3 Å². The van der Waals surface area contributed by atoms with Crippen molar-refractivity contribution in [3.8, 4) is 16.9 Å². The Morgan fingerprint density at radius 3 is 2.79 bits per heavy atom. The normalized spacial score (nSPS) is 13.4. The predicted octanol–water partition coefficient (Wildman–Crippen LogP) is 5.26. The van der Waals surface area contributed by atoms with Crippen molar-refractivity contribution in [2.45, 2.75) is 0 Å². The summed E-state index contributed by atoms with van der Waals surface area (Å²) >= 11 is 12.6. The smallest absolute Gasteiger partial charge is 0.346 e. The van der Waals surface area contributed by atoms with E-state index in [1.165, 1.54) is 12.3 Å². The number of methoxy groups -OCH3 is 1. The number of carboxylic acid groups (broad SMARTS) is 1. The fraction of sp³-hybridized carbons (Fsp3) is 0.0667. The number of benzene rings is 1. The maximum absolute atomic E-state index is 15.0. The van der Waals surface area contributed by atoms with E-state index in [2.05, 4.69) is 9.72 Å². The van der Waals surface area contributed by atoms with Crippen LogP contribution in [-0.4, -0.2) is 23.1 Å². The summed E-state index contributed by atoms with van der Waals surface area (Å²) < 4.78 is 54.9. The maximum atomic E-state index is 15.0. The number of hydrogen-bond donors (Lipinski definition) is 1. The van der Waals surface area contributed by atoms with Gasteiger partial charge in [-0.15, -0.1) is 11.3 Å². The van der Waals surface area contributed by atoms with Gasteiger partial charge in [0.1, 0.15) is 4.88 Å². The Balaban J connectivity index is 2.39. The molecule has 2 aromatic heterocycles. The predicted molar refractivity (Wildman–Crippen MR) is 88.5 cm³/mol. The molecule has 2 heterocycles. The molecule has 0 saturated heterocycles. The number of carbonyl (C=O) groups is 1. The summed E-state index contributed by atoms with van der Waals surface area (Å²) in [6.45, 7) is 0. The Morgan fingerprint density at radius 2 is 2.12 bits per heavy atom. The van der Waals surface area contributed by atoms with Crippen molar-refractivity contribution in [3.05, 3.63) is 44.9 Å². The molecule has 1 aromatic carbocycles. The second-order valence-electron chi connectivity index (χ2n) is 4.57. The number of aromatic nitrogens is 1. The summed E-state index contributed by atoms with van der Waals surface area (Å²) in [5, 5.41) is 9.23. The summed E-state index contributed by atoms with van der Waals surface area (Å²) in [6, 6.07) is 2.08. The van der Waals surface area contributed by atoms with Gasteiger partial charge in [-0.05, 0) is 12.1 Å². The molecule has 0 aliphatic rings. The first kappa shape index (κ1) is 13.3. The van der Waals surface area contributed by atoms with Crippen LogP contribution in [-0.2, 0) is 0 Å². The van der Waals surface area contributed by atoms with Crippen molar-refractivity contribution in [1.29, 1.82) is 0 Å². The summed E-state index contributed by atoms with van der Waals surface area (Å²) in [6.07, 6.45) is 1.22. The molecule has 0 amide bonds. The number of halogens is 4. The van der Waals surface area contributed by atoms with E-state index in [4.69, 9.17) is 27.3 Å². The number of pyridine rings is 1. The zero-order valence-corrected chi connectivity index (χ0v) is 13.7. The topological polar surface area (TPSA) is 59.4 Å². The highest BCUT2D eigenvalue weighted by Crippen LogP contribution is 2.45. The van der Waals surface area contributed by atoms with E-state index in [0.717, 1.165) is 11.3 Å². The molecule has 0 atom stereocenters. The quantitative estimate of drug-likeness (QED) is 0.660. The van der Waals surface area contributed by atoms with Gasteiger partial charge in [0.15, 0.2) is 17.4 Å². The van der Waals surface area contributed by atoms with Crippen molar-refractivity contribution in [2.24, 2.45) is 0 Å². The Hall–Kier alpha value is -1.96. The first-order valence-electron chi connectivity index (χ1n) is 7.68. The molecule has 0 fully saturated rings. The zero-order valence-electron chi connectivity index (χ0n) is 14.4.